The summed E-state index contributed by atoms with van der Waals surface area (Å²) < 4.78 is 0. The Labute approximate surface area is 56.5 Å². The van der Waals surface area contributed by atoms with Gasteiger partial charge in [-0.1, -0.05) is 0 Å². The molecule has 1 rings (SSSR count). The summed E-state index contributed by atoms with van der Waals surface area (Å²) >= 11 is 0. The summed E-state index contributed by atoms with van der Waals surface area (Å²) in [5, 5.41) is 17.0. The molecular formula is C4H5BN2O3. The van der Waals surface area contributed by atoms with Crippen LogP contribution in [0.3, 0.4) is 0 Å². The normalized spacial score (nSPS) is 9.40. The minimum atomic E-state index is -1.58. The maximum Gasteiger partial charge on any atom is 0.491 e. The first-order valence-electron chi connectivity index (χ1n) is 2.61. The zero-order chi connectivity index (χ0) is 7.56. The largest absolute Gasteiger partial charge is 0.491 e. The fourth-order valence-electron chi connectivity index (χ4n) is 0.494. The third-order valence-electron chi connectivity index (χ3n) is 0.991. The van der Waals surface area contributed by atoms with E-state index in [1.54, 1.807) is 0 Å². The van der Waals surface area contributed by atoms with E-state index < -0.39 is 12.8 Å². The number of nitrogens with zero attached hydrogens (tertiary/aromatic N) is 1. The van der Waals surface area contributed by atoms with Gasteiger partial charge >= 0.3 is 12.8 Å². The van der Waals surface area contributed by atoms with Gasteiger partial charge in [0.15, 0.2) is 0 Å². The highest BCUT2D eigenvalue weighted by Crippen LogP contribution is 1.69. The first-order chi connectivity index (χ1) is 4.70. The maximum atomic E-state index is 10.3. The van der Waals surface area contributed by atoms with Crippen molar-refractivity contribution in [3.05, 3.63) is 22.9 Å². The molecule has 5 nitrogen and oxygen atoms in total. The molecule has 0 aromatic carbocycles. The molecule has 6 heteroatoms. The van der Waals surface area contributed by atoms with E-state index >= 15 is 0 Å². The lowest BCUT2D eigenvalue weighted by Crippen LogP contribution is -2.32. The summed E-state index contributed by atoms with van der Waals surface area (Å²) in [7, 11) is -1.58. The molecule has 0 unspecified atom stereocenters. The average Bonchev–Trinajstić information content (AvgIpc) is 1.88. The molecule has 52 valence electrons. The van der Waals surface area contributed by atoms with Crippen LogP contribution in [-0.4, -0.2) is 27.1 Å². The molecule has 0 radical (unpaired) electrons. The fourth-order valence-corrected chi connectivity index (χ4v) is 0.494. The van der Waals surface area contributed by atoms with Crippen LogP contribution in [0.25, 0.3) is 0 Å². The molecule has 1 heterocycles. The molecule has 10 heavy (non-hydrogen) atoms. The summed E-state index contributed by atoms with van der Waals surface area (Å²) in [5.74, 6) is 0. The van der Waals surface area contributed by atoms with Crippen molar-refractivity contribution < 1.29 is 10.0 Å². The van der Waals surface area contributed by atoms with E-state index in [-0.39, 0.29) is 5.46 Å². The number of hydrogen-bond acceptors (Lipinski definition) is 4. The number of rotatable bonds is 1. The van der Waals surface area contributed by atoms with Crippen molar-refractivity contribution in [1.29, 1.82) is 0 Å². The van der Waals surface area contributed by atoms with Crippen LogP contribution in [0, 0.1) is 0 Å². The predicted octanol–water partition coefficient (Wildman–Crippen LogP) is -2.55. The number of hydrogen-bond donors (Lipinski definition) is 3. The van der Waals surface area contributed by atoms with E-state index in [0.717, 1.165) is 6.20 Å². The first-order valence-corrected chi connectivity index (χ1v) is 2.61. The molecule has 0 spiro atoms. The Bertz CT molecular complexity index is 251. The Morgan fingerprint density at radius 2 is 2.30 bits per heavy atom. The molecule has 0 bridgehead atoms. The van der Waals surface area contributed by atoms with Gasteiger partial charge in [-0.3, -0.25) is 0 Å². The van der Waals surface area contributed by atoms with Crippen molar-refractivity contribution in [2.75, 3.05) is 0 Å². The lowest BCUT2D eigenvalue weighted by Gasteiger charge is -1.93. The molecule has 0 amide bonds. The molecule has 0 fully saturated rings. The molecular weight excluding hydrogens is 135 g/mol. The Kier molecular flexibility index (Phi) is 1.84. The second-order valence-corrected chi connectivity index (χ2v) is 1.73. The number of aromatic nitrogens is 2. The standard InChI is InChI=1S/C4H5BN2O3/c8-4-6-1-3(2-7-4)5(9)10/h1-2,9-10H,(H,6,7,8). The van der Waals surface area contributed by atoms with Gasteiger partial charge in [0.25, 0.3) is 0 Å². The second kappa shape index (κ2) is 2.63. The monoisotopic (exact) mass is 140 g/mol. The molecule has 3 N–H and O–H groups in total. The van der Waals surface area contributed by atoms with Gasteiger partial charge in [0.2, 0.25) is 0 Å². The average molecular weight is 140 g/mol. The molecule has 1 aromatic rings. The highest BCUT2D eigenvalue weighted by Gasteiger charge is 2.09. The van der Waals surface area contributed by atoms with Crippen LogP contribution in [-0.2, 0) is 0 Å². The van der Waals surface area contributed by atoms with E-state index in [9.17, 15) is 4.79 Å². The third-order valence-corrected chi connectivity index (χ3v) is 0.991. The highest BCUT2D eigenvalue weighted by molar-refractivity contribution is 6.58. The first kappa shape index (κ1) is 6.98. The van der Waals surface area contributed by atoms with Gasteiger partial charge in [-0.15, -0.1) is 0 Å². The third kappa shape index (κ3) is 1.43. The van der Waals surface area contributed by atoms with Crippen molar-refractivity contribution >= 4 is 12.6 Å². The van der Waals surface area contributed by atoms with Crippen molar-refractivity contribution in [2.24, 2.45) is 0 Å². The van der Waals surface area contributed by atoms with Gasteiger partial charge in [0, 0.05) is 17.9 Å². The second-order valence-electron chi connectivity index (χ2n) is 1.73. The summed E-state index contributed by atoms with van der Waals surface area (Å²) in [5.41, 5.74) is -0.344. The van der Waals surface area contributed by atoms with Crippen LogP contribution in [0.15, 0.2) is 17.2 Å². The minimum Gasteiger partial charge on any atom is -0.423 e. The molecule has 0 aliphatic carbocycles. The molecule has 0 saturated carbocycles. The van der Waals surface area contributed by atoms with Gasteiger partial charge in [0.05, 0.1) is 0 Å². The van der Waals surface area contributed by atoms with Gasteiger partial charge in [-0.25, -0.2) is 9.78 Å². The van der Waals surface area contributed by atoms with E-state index in [2.05, 4.69) is 9.97 Å². The predicted molar refractivity (Wildman–Crippen MR) is 34.7 cm³/mol. The van der Waals surface area contributed by atoms with Crippen LogP contribution >= 0.6 is 0 Å². The van der Waals surface area contributed by atoms with Gasteiger partial charge in [-0.05, 0) is 0 Å². The topological polar surface area (TPSA) is 86.2 Å². The van der Waals surface area contributed by atoms with Gasteiger partial charge in [0.1, 0.15) is 0 Å². The van der Waals surface area contributed by atoms with E-state index in [1.807, 2.05) is 0 Å². The Hall–Kier alpha value is -1.14. The molecule has 1 aromatic heterocycles. The lowest BCUT2D eigenvalue weighted by molar-refractivity contribution is 0.425. The van der Waals surface area contributed by atoms with Gasteiger partial charge in [-0.2, -0.15) is 0 Å². The zero-order valence-electron chi connectivity index (χ0n) is 4.98. The van der Waals surface area contributed by atoms with Crippen molar-refractivity contribution in [2.45, 2.75) is 0 Å². The molecule has 0 atom stereocenters. The van der Waals surface area contributed by atoms with Crippen molar-refractivity contribution in [3.63, 3.8) is 0 Å². The lowest BCUT2D eigenvalue weighted by atomic mass is 9.83. The number of aromatic amines is 1. The summed E-state index contributed by atoms with van der Waals surface area (Å²) in [4.78, 5) is 15.8. The smallest absolute Gasteiger partial charge is 0.423 e. The molecule has 0 saturated heterocycles. The molecule has 0 aliphatic heterocycles. The number of nitrogens with one attached hydrogen (secondary N) is 1. The van der Waals surface area contributed by atoms with Crippen LogP contribution in [0.5, 0.6) is 0 Å². The van der Waals surface area contributed by atoms with E-state index in [1.165, 1.54) is 6.20 Å². The van der Waals surface area contributed by atoms with Crippen LogP contribution in [0.2, 0.25) is 0 Å². The van der Waals surface area contributed by atoms with Crippen molar-refractivity contribution in [1.82, 2.24) is 9.97 Å². The minimum absolute atomic E-state index is 0.166. The summed E-state index contributed by atoms with van der Waals surface area (Å²) in [6, 6.07) is 0. The Morgan fingerprint density at radius 1 is 1.60 bits per heavy atom. The SMILES string of the molecule is O=c1ncc(B(O)O)c[nH]1. The summed E-state index contributed by atoms with van der Waals surface area (Å²) in [6.07, 6.45) is 2.30. The zero-order valence-corrected chi connectivity index (χ0v) is 4.98. The van der Waals surface area contributed by atoms with Crippen LogP contribution < -0.4 is 11.2 Å². The Balaban J connectivity index is 3.00. The van der Waals surface area contributed by atoms with Crippen LogP contribution in [0.1, 0.15) is 0 Å². The quantitative estimate of drug-likeness (QED) is 0.374. The van der Waals surface area contributed by atoms with E-state index in [0.29, 0.717) is 0 Å². The molecule has 0 aliphatic rings. The van der Waals surface area contributed by atoms with E-state index in [4.69, 9.17) is 10.0 Å². The van der Waals surface area contributed by atoms with Gasteiger partial charge < -0.3 is 15.0 Å². The van der Waals surface area contributed by atoms with Crippen molar-refractivity contribution in [3.8, 4) is 0 Å². The summed E-state index contributed by atoms with van der Waals surface area (Å²) in [6.45, 7) is 0. The van der Waals surface area contributed by atoms with Crippen LogP contribution in [0.4, 0.5) is 0 Å². The Morgan fingerprint density at radius 3 is 2.70 bits per heavy atom. The fraction of sp³-hybridized carbons (Fsp3) is 0. The maximum absolute atomic E-state index is 10.3. The number of H-pyrrole nitrogens is 1. The highest BCUT2D eigenvalue weighted by atomic mass is 16.4.